The van der Waals surface area contributed by atoms with Gasteiger partial charge in [-0.05, 0) is 199 Å². The van der Waals surface area contributed by atoms with Crippen molar-refractivity contribution in [3.63, 3.8) is 0 Å². The van der Waals surface area contributed by atoms with Gasteiger partial charge in [0.15, 0.2) is 0 Å². The van der Waals surface area contributed by atoms with Crippen molar-refractivity contribution in [2.45, 2.75) is 98.3 Å². The maximum atomic E-state index is 13.4. The van der Waals surface area contributed by atoms with E-state index in [1.807, 2.05) is 12.1 Å². The summed E-state index contributed by atoms with van der Waals surface area (Å²) in [4.78, 5) is 60.3. The van der Waals surface area contributed by atoms with Crippen LogP contribution in [-0.2, 0) is 42.5 Å². The van der Waals surface area contributed by atoms with E-state index in [4.69, 9.17) is 32.7 Å². The monoisotopic (exact) mass is 1340 g/mol. The molecule has 4 aliphatic heterocycles. The average Bonchev–Trinajstić information content (AvgIpc) is 1.62. The molecule has 24 nitrogen and oxygen atoms in total. The normalized spacial score (nSPS) is 21.0. The number of urea groups is 2. The van der Waals surface area contributed by atoms with Crippen molar-refractivity contribution in [1.82, 2.24) is 60.9 Å². The molecule has 4 aromatic rings. The number of carbonyl (C=O) groups is 4. The number of likely N-dealkylation sites (tertiary alicyclic amines) is 2. The van der Waals surface area contributed by atoms with Crippen molar-refractivity contribution in [3.8, 4) is 23.6 Å². The van der Waals surface area contributed by atoms with Gasteiger partial charge in [0.25, 0.3) is 20.0 Å². The summed E-state index contributed by atoms with van der Waals surface area (Å²) in [5.41, 5.74) is 4.56. The summed E-state index contributed by atoms with van der Waals surface area (Å²) in [5, 5.41) is 38.8. The number of hydrogen-bond acceptors (Lipinski definition) is 18. The van der Waals surface area contributed by atoms with E-state index in [1.54, 1.807) is 36.4 Å². The molecule has 2 aliphatic carbocycles. The van der Waals surface area contributed by atoms with Crippen LogP contribution in [0.15, 0.2) is 82.6 Å². The molecule has 0 aromatic heterocycles. The molecule has 0 bridgehead atoms. The second-order valence-electron chi connectivity index (χ2n) is 24.4. The van der Waals surface area contributed by atoms with Crippen LogP contribution in [0.3, 0.4) is 0 Å². The van der Waals surface area contributed by atoms with E-state index in [-0.39, 0.29) is 33.9 Å². The van der Waals surface area contributed by atoms with Crippen LogP contribution in [0.4, 0.5) is 9.59 Å². The third-order valence-corrected chi connectivity index (χ3v) is 21.5. The summed E-state index contributed by atoms with van der Waals surface area (Å²) in [7, 11) is -8.31. The maximum Gasteiger partial charge on any atom is 0.314 e. The first-order chi connectivity index (χ1) is 44.4. The molecule has 4 fully saturated rings. The highest BCUT2D eigenvalue weighted by molar-refractivity contribution is 7.90. The Kier molecular flexibility index (Phi) is 23.6. The topological polar surface area (TPSA) is 312 Å². The molecule has 4 heterocycles. The Morgan fingerprint density at radius 2 is 0.859 bits per heavy atom. The molecule has 28 heteroatoms. The minimum atomic E-state index is -4.15. The lowest BCUT2D eigenvalue weighted by Crippen LogP contribution is -2.50. The minimum absolute atomic E-state index is 0.0353. The number of ether oxygens (including phenoxy) is 2. The number of nitrogens with zero attached hydrogens (tertiary/aromatic N) is 6. The third kappa shape index (κ3) is 17.7. The second kappa shape index (κ2) is 31.9. The lowest BCUT2D eigenvalue weighted by atomic mass is 9.96. The van der Waals surface area contributed by atoms with Gasteiger partial charge in [-0.15, -0.1) is 0 Å². The molecule has 8 N–H and O–H groups in total. The third-order valence-electron chi connectivity index (χ3n) is 18.3. The number of amides is 6. The van der Waals surface area contributed by atoms with Crippen molar-refractivity contribution >= 4 is 67.1 Å². The molecule has 10 rings (SSSR count). The first-order valence-corrected chi connectivity index (χ1v) is 35.7. The fourth-order valence-electron chi connectivity index (χ4n) is 13.3. The number of nitrogens with one attached hydrogen (secondary N) is 8. The Morgan fingerprint density at radius 1 is 0.511 bits per heavy atom. The van der Waals surface area contributed by atoms with Crippen molar-refractivity contribution < 1.29 is 45.5 Å². The van der Waals surface area contributed by atoms with Crippen LogP contribution in [-0.4, -0.2) is 190 Å². The molecule has 0 saturated carbocycles. The lowest BCUT2D eigenvalue weighted by molar-refractivity contribution is -0.125. The molecule has 6 amide bonds. The van der Waals surface area contributed by atoms with Gasteiger partial charge in [0.05, 0.1) is 45.1 Å². The van der Waals surface area contributed by atoms with Gasteiger partial charge in [0.2, 0.25) is 11.8 Å². The summed E-state index contributed by atoms with van der Waals surface area (Å²) in [6.45, 7) is 12.3. The molecular weight excluding hydrogens is 1260 g/mol. The molecule has 0 spiro atoms. The Morgan fingerprint density at radius 3 is 1.21 bits per heavy atom. The number of carbonyl (C=O) groups excluding carboxylic acids is 4. The van der Waals surface area contributed by atoms with Crippen LogP contribution in [0.2, 0.25) is 10.0 Å². The summed E-state index contributed by atoms with van der Waals surface area (Å²) < 4.78 is 71.2. The van der Waals surface area contributed by atoms with Crippen LogP contribution < -0.4 is 50.8 Å². The summed E-state index contributed by atoms with van der Waals surface area (Å²) in [6.07, 6.45) is 5.11. The van der Waals surface area contributed by atoms with Crippen LogP contribution in [0.25, 0.3) is 0 Å². The molecule has 4 aromatic carbocycles. The molecule has 0 radical (unpaired) electrons. The second-order valence-corrected chi connectivity index (χ2v) is 28.6. The van der Waals surface area contributed by atoms with Gasteiger partial charge in [0, 0.05) is 100 Å². The SMILES string of the molecule is N#Cc1cc(Cl)cc2c1C[C@H](N1CCNCC1)[C@H]2Oc1ccc(S(=O)(=O)NC(=O)C2CCN(CCCNC(=O)NCCCCNC(=O)NCCCN3CCC(C(=O)NS(=O)(=O)c4ccc(O[C@H]5c6cc(Cl)cc(C#N)c6C[C@@H]5N5CCNCC5)cc4)CC3)CC2)cc1. The fraction of sp³-hybridized carbons (Fsp3) is 0.531. The first-order valence-electron chi connectivity index (χ1n) is 31.9. The number of fused-ring (bicyclic) bond motifs is 2. The Bertz CT molecular complexity index is 3340. The number of halogens is 2. The summed E-state index contributed by atoms with van der Waals surface area (Å²) in [5.74, 6) is -1.10. The molecular formula is C64H82Cl2N14O10S2. The zero-order valence-electron chi connectivity index (χ0n) is 51.5. The number of nitriles is 2. The number of piperazine rings is 2. The molecule has 4 atom stereocenters. The van der Waals surface area contributed by atoms with Gasteiger partial charge < -0.3 is 51.2 Å². The highest BCUT2D eigenvalue weighted by Crippen LogP contribution is 2.43. The summed E-state index contributed by atoms with van der Waals surface area (Å²) in [6, 6.07) is 23.0. The fourth-order valence-corrected chi connectivity index (χ4v) is 15.9. The Labute approximate surface area is 548 Å². The molecule has 0 unspecified atom stereocenters. The van der Waals surface area contributed by atoms with Gasteiger partial charge in [-0.2, -0.15) is 10.5 Å². The van der Waals surface area contributed by atoms with E-state index in [0.29, 0.717) is 162 Å². The standard InChI is InChI=1S/C64H82Cl2N14O10S2/c65-47-35-45(41-67)53-39-57(79-31-21-69-22-32-79)59(55(53)37-47)89-49-5-9-51(10-6-49)91(85,86)75-61(81)43-13-27-77(28-14-43)25-3-19-73-63(83)71-17-1-2-18-72-64(84)74-20-4-26-78-29-15-44(16-30-78)62(82)76-92(87,88)52-11-7-50(8-12-52)90-60-56-38-48(66)36-46(42-68)54(56)40-58(60)80-33-23-70-24-34-80/h5-12,35-38,43-44,57-60,69-70H,1-4,13-34,39-40H2,(H,75,81)(H,76,82)(H2,71,73,83)(H2,72,74,84)/t57-,58-,59-,60-/m0/s1. The van der Waals surface area contributed by atoms with E-state index in [0.717, 1.165) is 74.6 Å². The number of sulfonamides is 2. The van der Waals surface area contributed by atoms with Gasteiger partial charge >= 0.3 is 12.1 Å². The van der Waals surface area contributed by atoms with Crippen LogP contribution in [0, 0.1) is 34.5 Å². The number of benzene rings is 4. The van der Waals surface area contributed by atoms with Gasteiger partial charge in [-0.3, -0.25) is 19.4 Å². The zero-order chi connectivity index (χ0) is 64.8. The Hall–Kier alpha value is -6.82. The highest BCUT2D eigenvalue weighted by atomic mass is 35.5. The number of rotatable bonds is 25. The predicted octanol–water partition coefficient (Wildman–Crippen LogP) is 4.53. The van der Waals surface area contributed by atoms with E-state index in [1.165, 1.54) is 24.3 Å². The van der Waals surface area contributed by atoms with Crippen LogP contribution in [0.5, 0.6) is 11.5 Å². The summed E-state index contributed by atoms with van der Waals surface area (Å²) >= 11 is 12.9. The molecule has 92 heavy (non-hydrogen) atoms. The molecule has 494 valence electrons. The smallest absolute Gasteiger partial charge is 0.314 e. The maximum absolute atomic E-state index is 13.4. The van der Waals surface area contributed by atoms with E-state index >= 15 is 0 Å². The van der Waals surface area contributed by atoms with Crippen molar-refractivity contribution in [2.24, 2.45) is 11.8 Å². The van der Waals surface area contributed by atoms with Crippen LogP contribution >= 0.6 is 23.2 Å². The lowest BCUT2D eigenvalue weighted by Gasteiger charge is -2.36. The van der Waals surface area contributed by atoms with Crippen molar-refractivity contribution in [2.75, 3.05) is 118 Å². The average molecular weight is 1340 g/mol. The number of piperidine rings is 2. The minimum Gasteiger partial charge on any atom is -0.484 e. The van der Waals surface area contributed by atoms with Crippen LogP contribution in [0.1, 0.15) is 97.0 Å². The van der Waals surface area contributed by atoms with Gasteiger partial charge in [0.1, 0.15) is 23.7 Å². The van der Waals surface area contributed by atoms with E-state index < -0.39 is 55.9 Å². The number of hydrogen-bond donors (Lipinski definition) is 8. The van der Waals surface area contributed by atoms with E-state index in [9.17, 15) is 46.5 Å². The van der Waals surface area contributed by atoms with Crippen molar-refractivity contribution in [1.29, 1.82) is 10.5 Å². The largest absolute Gasteiger partial charge is 0.484 e. The van der Waals surface area contributed by atoms with Crippen molar-refractivity contribution in [3.05, 3.63) is 116 Å². The van der Waals surface area contributed by atoms with Gasteiger partial charge in [-0.25, -0.2) is 35.9 Å². The molecule has 6 aliphatic rings. The quantitative estimate of drug-likeness (QED) is 0.0423. The highest BCUT2D eigenvalue weighted by Gasteiger charge is 2.42. The Balaban J connectivity index is 0.536. The molecule has 4 saturated heterocycles. The zero-order valence-corrected chi connectivity index (χ0v) is 54.7. The van der Waals surface area contributed by atoms with E-state index in [2.05, 4.69) is 73.1 Å². The first kappa shape index (κ1) is 68.1. The predicted molar refractivity (Wildman–Crippen MR) is 346 cm³/mol. The number of unbranched alkanes of at least 4 members (excludes halogenated alkanes) is 1. The van der Waals surface area contributed by atoms with Gasteiger partial charge in [-0.1, -0.05) is 23.2 Å².